The van der Waals surface area contributed by atoms with E-state index in [9.17, 15) is 14.7 Å². The van der Waals surface area contributed by atoms with Gasteiger partial charge in [-0.3, -0.25) is 14.2 Å². The molecule has 2 heterocycles. The standard InChI is InChI=1S/C18H18N2O3S/c1-11-13(12-7-5-4-6-8-12)14-15(24-11)19-10-20(16(14)21)9-18(2,3)17(22)23/h4-8,10H,9H2,1-3H3,(H,22,23). The topological polar surface area (TPSA) is 72.2 Å². The van der Waals surface area contributed by atoms with Crippen molar-refractivity contribution in [1.29, 1.82) is 0 Å². The lowest BCUT2D eigenvalue weighted by molar-refractivity contribution is -0.147. The lowest BCUT2D eigenvalue weighted by atomic mass is 9.94. The van der Waals surface area contributed by atoms with E-state index in [4.69, 9.17) is 0 Å². The Morgan fingerprint density at radius 1 is 1.29 bits per heavy atom. The highest BCUT2D eigenvalue weighted by atomic mass is 32.1. The molecular formula is C18H18N2O3S. The predicted molar refractivity (Wildman–Crippen MR) is 95.5 cm³/mol. The number of carbonyl (C=O) groups is 1. The highest BCUT2D eigenvalue weighted by Crippen LogP contribution is 2.35. The van der Waals surface area contributed by atoms with Crippen LogP contribution in [0.3, 0.4) is 0 Å². The van der Waals surface area contributed by atoms with Crippen LogP contribution >= 0.6 is 11.3 Å². The molecule has 0 fully saturated rings. The van der Waals surface area contributed by atoms with E-state index in [0.29, 0.717) is 10.2 Å². The summed E-state index contributed by atoms with van der Waals surface area (Å²) in [6.07, 6.45) is 1.44. The summed E-state index contributed by atoms with van der Waals surface area (Å²) in [5, 5.41) is 9.87. The molecule has 3 rings (SSSR count). The fraction of sp³-hybridized carbons (Fsp3) is 0.278. The van der Waals surface area contributed by atoms with Crippen molar-refractivity contribution in [3.8, 4) is 11.1 Å². The number of thiophene rings is 1. The van der Waals surface area contributed by atoms with Gasteiger partial charge in [0.05, 0.1) is 17.1 Å². The summed E-state index contributed by atoms with van der Waals surface area (Å²) in [7, 11) is 0. The Hall–Kier alpha value is -2.47. The molecule has 0 saturated carbocycles. The smallest absolute Gasteiger partial charge is 0.310 e. The van der Waals surface area contributed by atoms with Crippen LogP contribution in [0.4, 0.5) is 0 Å². The van der Waals surface area contributed by atoms with Crippen LogP contribution in [0.25, 0.3) is 21.3 Å². The van der Waals surface area contributed by atoms with Crippen LogP contribution in [0.2, 0.25) is 0 Å². The lowest BCUT2D eigenvalue weighted by Gasteiger charge is -2.20. The average Bonchev–Trinajstić information content (AvgIpc) is 2.87. The number of hydrogen-bond donors (Lipinski definition) is 1. The van der Waals surface area contributed by atoms with E-state index in [1.807, 2.05) is 37.3 Å². The molecule has 124 valence electrons. The molecule has 0 aliphatic heterocycles. The van der Waals surface area contributed by atoms with Crippen molar-refractivity contribution in [2.75, 3.05) is 0 Å². The zero-order valence-corrected chi connectivity index (χ0v) is 14.6. The maximum absolute atomic E-state index is 13.0. The van der Waals surface area contributed by atoms with Crippen molar-refractivity contribution in [3.05, 3.63) is 51.9 Å². The summed E-state index contributed by atoms with van der Waals surface area (Å²) < 4.78 is 1.40. The maximum atomic E-state index is 13.0. The normalized spacial score (nSPS) is 11.8. The van der Waals surface area contributed by atoms with Gasteiger partial charge in [-0.1, -0.05) is 30.3 Å². The highest BCUT2D eigenvalue weighted by molar-refractivity contribution is 7.19. The van der Waals surface area contributed by atoms with E-state index < -0.39 is 11.4 Å². The van der Waals surface area contributed by atoms with Gasteiger partial charge in [-0.2, -0.15) is 0 Å². The van der Waals surface area contributed by atoms with Gasteiger partial charge in [0.25, 0.3) is 5.56 Å². The quantitative estimate of drug-likeness (QED) is 0.787. The molecule has 0 aliphatic rings. The summed E-state index contributed by atoms with van der Waals surface area (Å²) in [6, 6.07) is 9.72. The highest BCUT2D eigenvalue weighted by Gasteiger charge is 2.29. The average molecular weight is 342 g/mol. The molecule has 3 aromatic rings. The van der Waals surface area contributed by atoms with Gasteiger partial charge in [-0.15, -0.1) is 11.3 Å². The number of rotatable bonds is 4. The molecule has 5 nitrogen and oxygen atoms in total. The first-order chi connectivity index (χ1) is 11.3. The van der Waals surface area contributed by atoms with Gasteiger partial charge in [0.2, 0.25) is 0 Å². The van der Waals surface area contributed by atoms with Gasteiger partial charge in [-0.05, 0) is 26.3 Å². The van der Waals surface area contributed by atoms with E-state index >= 15 is 0 Å². The molecule has 2 aromatic heterocycles. The van der Waals surface area contributed by atoms with Crippen molar-refractivity contribution in [2.45, 2.75) is 27.3 Å². The number of hydrogen-bond acceptors (Lipinski definition) is 4. The SMILES string of the molecule is Cc1sc2ncn(CC(C)(C)C(=O)O)c(=O)c2c1-c1ccccc1. The molecule has 6 heteroatoms. The van der Waals surface area contributed by atoms with E-state index in [0.717, 1.165) is 16.0 Å². The number of aliphatic carboxylic acids is 1. The van der Waals surface area contributed by atoms with E-state index in [2.05, 4.69) is 4.98 Å². The van der Waals surface area contributed by atoms with E-state index in [1.54, 1.807) is 13.8 Å². The van der Waals surface area contributed by atoms with E-state index in [-0.39, 0.29) is 12.1 Å². The minimum atomic E-state index is -1.04. The summed E-state index contributed by atoms with van der Waals surface area (Å²) in [4.78, 5) is 30.4. The van der Waals surface area contributed by atoms with Gasteiger partial charge >= 0.3 is 5.97 Å². The van der Waals surface area contributed by atoms with Gasteiger partial charge < -0.3 is 5.11 Å². The first kappa shape index (κ1) is 16.4. The minimum Gasteiger partial charge on any atom is -0.481 e. The van der Waals surface area contributed by atoms with Crippen LogP contribution in [-0.4, -0.2) is 20.6 Å². The second kappa shape index (κ2) is 5.87. The van der Waals surface area contributed by atoms with Gasteiger partial charge in [0.15, 0.2) is 0 Å². The first-order valence-electron chi connectivity index (χ1n) is 7.58. The lowest BCUT2D eigenvalue weighted by Crippen LogP contribution is -2.34. The number of carboxylic acid groups (broad SMARTS) is 1. The first-order valence-corrected chi connectivity index (χ1v) is 8.40. The third kappa shape index (κ3) is 2.73. The monoisotopic (exact) mass is 342 g/mol. The van der Waals surface area contributed by atoms with Crippen molar-refractivity contribution in [2.24, 2.45) is 5.41 Å². The number of fused-ring (bicyclic) bond motifs is 1. The molecule has 0 unspecified atom stereocenters. The molecular weight excluding hydrogens is 324 g/mol. The van der Waals surface area contributed by atoms with Gasteiger partial charge in [-0.25, -0.2) is 4.98 Å². The van der Waals surface area contributed by atoms with Crippen LogP contribution < -0.4 is 5.56 Å². The molecule has 0 radical (unpaired) electrons. The Balaban J connectivity index is 2.22. The molecule has 24 heavy (non-hydrogen) atoms. The van der Waals surface area contributed by atoms with Gasteiger partial charge in [0, 0.05) is 17.0 Å². The van der Waals surface area contributed by atoms with E-state index in [1.165, 1.54) is 22.2 Å². The number of aromatic nitrogens is 2. The maximum Gasteiger partial charge on any atom is 0.310 e. The number of aryl methyl sites for hydroxylation is 1. The number of benzene rings is 1. The van der Waals surface area contributed by atoms with Crippen molar-refractivity contribution in [1.82, 2.24) is 9.55 Å². The van der Waals surface area contributed by atoms with Gasteiger partial charge in [0.1, 0.15) is 4.83 Å². The van der Waals surface area contributed by atoms with Crippen LogP contribution in [0.1, 0.15) is 18.7 Å². The second-order valence-electron chi connectivity index (χ2n) is 6.45. The summed E-state index contributed by atoms with van der Waals surface area (Å²) in [6.45, 7) is 5.25. The number of nitrogens with zero attached hydrogens (tertiary/aromatic N) is 2. The summed E-state index contributed by atoms with van der Waals surface area (Å²) in [5.74, 6) is -0.945. The Kier molecular flexibility index (Phi) is 4.01. The largest absolute Gasteiger partial charge is 0.481 e. The molecule has 0 aliphatic carbocycles. The second-order valence-corrected chi connectivity index (χ2v) is 7.65. The Bertz CT molecular complexity index is 971. The predicted octanol–water partition coefficient (Wildman–Crippen LogP) is 3.54. The van der Waals surface area contributed by atoms with Crippen LogP contribution in [0.5, 0.6) is 0 Å². The van der Waals surface area contributed by atoms with Crippen molar-refractivity contribution >= 4 is 27.5 Å². The Morgan fingerprint density at radius 2 is 1.96 bits per heavy atom. The third-order valence-electron chi connectivity index (χ3n) is 4.06. The zero-order valence-electron chi connectivity index (χ0n) is 13.7. The fourth-order valence-electron chi connectivity index (χ4n) is 2.70. The molecule has 0 atom stereocenters. The molecule has 1 aromatic carbocycles. The van der Waals surface area contributed by atoms with Crippen molar-refractivity contribution in [3.63, 3.8) is 0 Å². The van der Waals surface area contributed by atoms with Crippen LogP contribution in [0.15, 0.2) is 41.5 Å². The molecule has 0 saturated heterocycles. The Morgan fingerprint density at radius 3 is 2.58 bits per heavy atom. The fourth-order valence-corrected chi connectivity index (χ4v) is 3.70. The zero-order chi connectivity index (χ0) is 17.5. The summed E-state index contributed by atoms with van der Waals surface area (Å²) >= 11 is 1.48. The number of carboxylic acids is 1. The molecule has 0 spiro atoms. The van der Waals surface area contributed by atoms with Crippen LogP contribution in [-0.2, 0) is 11.3 Å². The molecule has 0 amide bonds. The Labute approximate surface area is 143 Å². The molecule has 1 N–H and O–H groups in total. The third-order valence-corrected chi connectivity index (χ3v) is 5.08. The summed E-state index contributed by atoms with van der Waals surface area (Å²) in [5.41, 5.74) is 0.612. The molecule has 0 bridgehead atoms. The van der Waals surface area contributed by atoms with Crippen LogP contribution in [0, 0.1) is 12.3 Å². The minimum absolute atomic E-state index is 0.0766. The van der Waals surface area contributed by atoms with Crippen molar-refractivity contribution < 1.29 is 9.90 Å².